The summed E-state index contributed by atoms with van der Waals surface area (Å²) in [6.07, 6.45) is 1.62. The van der Waals surface area contributed by atoms with E-state index in [1.54, 1.807) is 18.3 Å². The van der Waals surface area contributed by atoms with E-state index in [1.807, 2.05) is 18.2 Å². The number of aromatic amines is 2. The van der Waals surface area contributed by atoms with Gasteiger partial charge in [-0.2, -0.15) is 5.10 Å². The van der Waals surface area contributed by atoms with Crippen molar-refractivity contribution in [2.24, 2.45) is 0 Å². The molecule has 8 heteroatoms. The van der Waals surface area contributed by atoms with Gasteiger partial charge in [-0.3, -0.25) is 25.5 Å². The molecule has 21 heavy (non-hydrogen) atoms. The predicted molar refractivity (Wildman–Crippen MR) is 79.5 cm³/mol. The number of fused-ring (bicyclic) bond motifs is 1. The van der Waals surface area contributed by atoms with E-state index in [0.717, 1.165) is 9.99 Å². The van der Waals surface area contributed by atoms with Gasteiger partial charge in [-0.1, -0.05) is 18.2 Å². The van der Waals surface area contributed by atoms with E-state index in [0.29, 0.717) is 11.1 Å². The standard InChI is InChI=1S/C13H10BrN5O2/c14-7-5-10(15-6-7)12(20)18-19-13(21)11-8-3-1-2-4-9(8)16-17-11/h1-6,15H,(H,16,17)(H,18,20)(H,19,21). The average molecular weight is 348 g/mol. The van der Waals surface area contributed by atoms with Crippen molar-refractivity contribution in [3.63, 3.8) is 0 Å². The molecule has 0 aliphatic carbocycles. The fourth-order valence-electron chi connectivity index (χ4n) is 1.88. The van der Waals surface area contributed by atoms with Crippen LogP contribution in [0.2, 0.25) is 0 Å². The molecular formula is C13H10BrN5O2. The molecule has 2 aromatic heterocycles. The first-order valence-electron chi connectivity index (χ1n) is 6.03. The van der Waals surface area contributed by atoms with Gasteiger partial charge in [-0.15, -0.1) is 0 Å². The number of rotatable bonds is 2. The molecule has 0 radical (unpaired) electrons. The Hall–Kier alpha value is -2.61. The molecule has 0 unspecified atom stereocenters. The molecule has 106 valence electrons. The monoisotopic (exact) mass is 347 g/mol. The lowest BCUT2D eigenvalue weighted by Gasteiger charge is -2.04. The van der Waals surface area contributed by atoms with Crippen LogP contribution in [-0.2, 0) is 0 Å². The number of amides is 2. The van der Waals surface area contributed by atoms with Gasteiger partial charge in [0.15, 0.2) is 5.69 Å². The second kappa shape index (κ2) is 5.41. The van der Waals surface area contributed by atoms with E-state index < -0.39 is 11.8 Å². The van der Waals surface area contributed by atoms with Gasteiger partial charge in [0.25, 0.3) is 11.8 Å². The van der Waals surface area contributed by atoms with Crippen LogP contribution in [0, 0.1) is 0 Å². The van der Waals surface area contributed by atoms with E-state index >= 15 is 0 Å². The largest absolute Gasteiger partial charge is 0.356 e. The Balaban J connectivity index is 1.71. The number of nitrogens with one attached hydrogen (secondary N) is 4. The second-order valence-corrected chi connectivity index (χ2v) is 5.17. The van der Waals surface area contributed by atoms with Crippen molar-refractivity contribution < 1.29 is 9.59 Å². The Bertz CT molecular complexity index is 823. The summed E-state index contributed by atoms with van der Waals surface area (Å²) in [7, 11) is 0. The zero-order chi connectivity index (χ0) is 14.8. The molecule has 3 aromatic rings. The fraction of sp³-hybridized carbons (Fsp3) is 0. The van der Waals surface area contributed by atoms with Gasteiger partial charge in [0.1, 0.15) is 5.69 Å². The van der Waals surface area contributed by atoms with E-state index in [1.165, 1.54) is 0 Å². The van der Waals surface area contributed by atoms with Gasteiger partial charge in [0, 0.05) is 16.1 Å². The Kier molecular flexibility index (Phi) is 3.44. The zero-order valence-corrected chi connectivity index (χ0v) is 12.2. The van der Waals surface area contributed by atoms with Gasteiger partial charge in [-0.25, -0.2) is 0 Å². The van der Waals surface area contributed by atoms with E-state index in [9.17, 15) is 9.59 Å². The van der Waals surface area contributed by atoms with Crippen LogP contribution in [0.1, 0.15) is 21.0 Å². The highest BCUT2D eigenvalue weighted by atomic mass is 79.9. The van der Waals surface area contributed by atoms with Crippen LogP contribution in [0.15, 0.2) is 41.0 Å². The maximum Gasteiger partial charge on any atom is 0.290 e. The number of benzene rings is 1. The van der Waals surface area contributed by atoms with Crippen LogP contribution in [0.4, 0.5) is 0 Å². The van der Waals surface area contributed by atoms with Crippen molar-refractivity contribution in [1.29, 1.82) is 0 Å². The van der Waals surface area contributed by atoms with Gasteiger partial charge in [0.2, 0.25) is 0 Å². The number of hydrogen-bond donors (Lipinski definition) is 4. The number of H-pyrrole nitrogens is 2. The molecule has 0 spiro atoms. The Morgan fingerprint density at radius 1 is 1.14 bits per heavy atom. The minimum Gasteiger partial charge on any atom is -0.356 e. The number of carbonyl (C=O) groups is 2. The first-order valence-corrected chi connectivity index (χ1v) is 6.82. The number of para-hydroxylation sites is 1. The molecule has 0 aliphatic rings. The zero-order valence-electron chi connectivity index (χ0n) is 10.6. The molecule has 0 saturated carbocycles. The quantitative estimate of drug-likeness (QED) is 0.530. The summed E-state index contributed by atoms with van der Waals surface area (Å²) in [6, 6.07) is 8.84. The number of hydrogen-bond acceptors (Lipinski definition) is 3. The highest BCUT2D eigenvalue weighted by Crippen LogP contribution is 2.14. The summed E-state index contributed by atoms with van der Waals surface area (Å²) in [5.74, 6) is -0.944. The number of aromatic nitrogens is 3. The van der Waals surface area contributed by atoms with E-state index in [4.69, 9.17) is 0 Å². The van der Waals surface area contributed by atoms with Crippen LogP contribution in [-0.4, -0.2) is 27.0 Å². The number of hydrazine groups is 1. The molecule has 4 N–H and O–H groups in total. The Morgan fingerprint density at radius 3 is 2.67 bits per heavy atom. The van der Waals surface area contributed by atoms with Crippen LogP contribution < -0.4 is 10.9 Å². The molecule has 2 amide bonds. The summed E-state index contributed by atoms with van der Waals surface area (Å²) in [6.45, 7) is 0. The van der Waals surface area contributed by atoms with Crippen LogP contribution in [0.25, 0.3) is 10.9 Å². The Morgan fingerprint density at radius 2 is 1.90 bits per heavy atom. The summed E-state index contributed by atoms with van der Waals surface area (Å²) < 4.78 is 0.747. The SMILES string of the molecule is O=C(NNC(=O)c1n[nH]c2ccccc12)c1cc(Br)c[nH]1. The molecule has 0 fully saturated rings. The average Bonchev–Trinajstić information content (AvgIpc) is 3.10. The first-order chi connectivity index (χ1) is 10.1. The van der Waals surface area contributed by atoms with Crippen molar-refractivity contribution in [2.75, 3.05) is 0 Å². The summed E-state index contributed by atoms with van der Waals surface area (Å²) >= 11 is 3.23. The molecule has 0 saturated heterocycles. The summed E-state index contributed by atoms with van der Waals surface area (Å²) in [5.41, 5.74) is 5.95. The topological polar surface area (TPSA) is 103 Å². The van der Waals surface area contributed by atoms with Crippen molar-refractivity contribution in [2.45, 2.75) is 0 Å². The van der Waals surface area contributed by atoms with Gasteiger partial charge in [-0.05, 0) is 28.1 Å². The van der Waals surface area contributed by atoms with Crippen molar-refractivity contribution >= 4 is 38.6 Å². The minimum atomic E-state index is -0.494. The van der Waals surface area contributed by atoms with Crippen molar-refractivity contribution in [3.8, 4) is 0 Å². The van der Waals surface area contributed by atoms with E-state index in [-0.39, 0.29) is 5.69 Å². The van der Waals surface area contributed by atoms with Crippen LogP contribution in [0.3, 0.4) is 0 Å². The second-order valence-electron chi connectivity index (χ2n) is 4.26. The maximum absolute atomic E-state index is 12.0. The van der Waals surface area contributed by atoms with Crippen molar-refractivity contribution in [1.82, 2.24) is 26.0 Å². The van der Waals surface area contributed by atoms with Gasteiger partial charge in [0.05, 0.1) is 5.52 Å². The molecule has 0 bridgehead atoms. The van der Waals surface area contributed by atoms with Crippen molar-refractivity contribution in [3.05, 3.63) is 52.4 Å². The lowest BCUT2D eigenvalue weighted by atomic mass is 10.2. The maximum atomic E-state index is 12.0. The third-order valence-electron chi connectivity index (χ3n) is 2.87. The van der Waals surface area contributed by atoms with E-state index in [2.05, 4.69) is 42.0 Å². The summed E-state index contributed by atoms with van der Waals surface area (Å²) in [4.78, 5) is 26.6. The highest BCUT2D eigenvalue weighted by Gasteiger charge is 2.15. The minimum absolute atomic E-state index is 0.221. The third kappa shape index (κ3) is 2.65. The summed E-state index contributed by atoms with van der Waals surface area (Å²) in [5, 5.41) is 7.39. The Labute approximate surface area is 127 Å². The molecule has 1 aromatic carbocycles. The van der Waals surface area contributed by atoms with Crippen LogP contribution in [0.5, 0.6) is 0 Å². The molecule has 0 atom stereocenters. The number of halogens is 1. The molecular weight excluding hydrogens is 338 g/mol. The molecule has 3 rings (SSSR count). The first kappa shape index (κ1) is 13.4. The highest BCUT2D eigenvalue weighted by molar-refractivity contribution is 9.10. The third-order valence-corrected chi connectivity index (χ3v) is 3.33. The fourth-order valence-corrected chi connectivity index (χ4v) is 2.22. The predicted octanol–water partition coefficient (Wildman–Crippen LogP) is 1.73. The smallest absolute Gasteiger partial charge is 0.290 e. The lowest BCUT2D eigenvalue weighted by Crippen LogP contribution is -2.42. The normalized spacial score (nSPS) is 10.5. The molecule has 2 heterocycles. The molecule has 0 aliphatic heterocycles. The van der Waals surface area contributed by atoms with Crippen LogP contribution >= 0.6 is 15.9 Å². The van der Waals surface area contributed by atoms with Gasteiger partial charge >= 0.3 is 0 Å². The lowest BCUT2D eigenvalue weighted by molar-refractivity contribution is 0.0842. The number of nitrogens with zero attached hydrogens (tertiary/aromatic N) is 1. The number of carbonyl (C=O) groups excluding carboxylic acids is 2. The molecule has 7 nitrogen and oxygen atoms in total. The van der Waals surface area contributed by atoms with Gasteiger partial charge < -0.3 is 4.98 Å².